The molecule has 2 aromatic carbocycles. The highest BCUT2D eigenvalue weighted by molar-refractivity contribution is 5.92. The van der Waals surface area contributed by atoms with Gasteiger partial charge in [0.05, 0.1) is 20.1 Å². The number of carbonyl (C=O) groups is 2. The first-order valence-electron chi connectivity index (χ1n) is 9.09. The lowest BCUT2D eigenvalue weighted by Gasteiger charge is -2.23. The summed E-state index contributed by atoms with van der Waals surface area (Å²) in [6.07, 6.45) is 0.905. The Morgan fingerprint density at radius 3 is 2.37 bits per heavy atom. The van der Waals surface area contributed by atoms with E-state index in [0.717, 1.165) is 17.5 Å². The van der Waals surface area contributed by atoms with Gasteiger partial charge >= 0.3 is 5.97 Å². The highest BCUT2D eigenvalue weighted by Crippen LogP contribution is 2.27. The Morgan fingerprint density at radius 2 is 1.78 bits per heavy atom. The summed E-state index contributed by atoms with van der Waals surface area (Å²) in [4.78, 5) is 24.8. The van der Waals surface area contributed by atoms with Crippen molar-refractivity contribution in [3.05, 3.63) is 65.2 Å². The molecule has 0 saturated carbocycles. The predicted molar refractivity (Wildman–Crippen MR) is 105 cm³/mol. The maximum Gasteiger partial charge on any atom is 0.341 e. The van der Waals surface area contributed by atoms with E-state index in [0.29, 0.717) is 17.9 Å². The Hall–Kier alpha value is -2.82. The first-order valence-corrected chi connectivity index (χ1v) is 9.09. The van der Waals surface area contributed by atoms with Gasteiger partial charge in [0.25, 0.3) is 0 Å². The zero-order valence-electron chi connectivity index (χ0n) is 16.3. The van der Waals surface area contributed by atoms with Crippen LogP contribution in [0.4, 0.5) is 0 Å². The number of ether oxygens (including phenoxy) is 2. The molecule has 1 N–H and O–H groups in total. The molecule has 0 unspecified atom stereocenters. The van der Waals surface area contributed by atoms with Gasteiger partial charge < -0.3 is 14.8 Å². The van der Waals surface area contributed by atoms with E-state index in [1.54, 1.807) is 12.1 Å². The molecular formula is C22H27NO4. The Labute approximate surface area is 160 Å². The van der Waals surface area contributed by atoms with Crippen molar-refractivity contribution in [2.75, 3.05) is 14.2 Å². The van der Waals surface area contributed by atoms with Crippen molar-refractivity contribution in [3.63, 3.8) is 0 Å². The third-order valence-electron chi connectivity index (χ3n) is 4.79. The normalized spacial score (nSPS) is 12.7. The highest BCUT2D eigenvalue weighted by Gasteiger charge is 2.25. The SMILES string of the molecule is CC[C@@H](C)[C@@H](C(=O)NCc1ccc(OC)c(C(=O)OC)c1)c1ccccc1. The van der Waals surface area contributed by atoms with Crippen LogP contribution in [0.5, 0.6) is 5.75 Å². The monoisotopic (exact) mass is 369 g/mol. The molecule has 5 nitrogen and oxygen atoms in total. The number of methoxy groups -OCH3 is 2. The van der Waals surface area contributed by atoms with Crippen molar-refractivity contribution < 1.29 is 19.1 Å². The van der Waals surface area contributed by atoms with Crippen LogP contribution in [0.1, 0.15) is 47.7 Å². The first kappa shape index (κ1) is 20.5. The first-order chi connectivity index (χ1) is 13.0. The maximum absolute atomic E-state index is 12.9. The molecule has 0 aliphatic rings. The average molecular weight is 369 g/mol. The molecule has 0 aliphatic heterocycles. The molecule has 0 heterocycles. The lowest BCUT2D eigenvalue weighted by molar-refractivity contribution is -0.123. The van der Waals surface area contributed by atoms with Crippen molar-refractivity contribution in [2.45, 2.75) is 32.7 Å². The summed E-state index contributed by atoms with van der Waals surface area (Å²) in [6, 6.07) is 15.0. The van der Waals surface area contributed by atoms with E-state index < -0.39 is 5.97 Å². The van der Waals surface area contributed by atoms with Crippen LogP contribution < -0.4 is 10.1 Å². The molecular weight excluding hydrogens is 342 g/mol. The quantitative estimate of drug-likeness (QED) is 0.716. The van der Waals surface area contributed by atoms with Gasteiger partial charge in [0.1, 0.15) is 11.3 Å². The van der Waals surface area contributed by atoms with Gasteiger partial charge in [-0.25, -0.2) is 4.79 Å². The maximum atomic E-state index is 12.9. The third-order valence-corrected chi connectivity index (χ3v) is 4.79. The molecule has 0 saturated heterocycles. The molecule has 0 spiro atoms. The van der Waals surface area contributed by atoms with Crippen molar-refractivity contribution in [1.29, 1.82) is 0 Å². The lowest BCUT2D eigenvalue weighted by Crippen LogP contribution is -2.32. The number of benzene rings is 2. The number of hydrogen-bond donors (Lipinski definition) is 1. The topological polar surface area (TPSA) is 64.6 Å². The van der Waals surface area contributed by atoms with E-state index >= 15 is 0 Å². The summed E-state index contributed by atoms with van der Waals surface area (Å²) >= 11 is 0. The van der Waals surface area contributed by atoms with Gasteiger partial charge in [-0.1, -0.05) is 56.7 Å². The second-order valence-corrected chi connectivity index (χ2v) is 6.52. The van der Waals surface area contributed by atoms with E-state index in [1.165, 1.54) is 14.2 Å². The zero-order valence-corrected chi connectivity index (χ0v) is 16.3. The average Bonchev–Trinajstić information content (AvgIpc) is 2.72. The molecule has 0 aromatic heterocycles. The molecule has 27 heavy (non-hydrogen) atoms. The largest absolute Gasteiger partial charge is 0.496 e. The van der Waals surface area contributed by atoms with Gasteiger partial charge in [0.2, 0.25) is 5.91 Å². The van der Waals surface area contributed by atoms with Crippen LogP contribution in [0.3, 0.4) is 0 Å². The number of hydrogen-bond acceptors (Lipinski definition) is 4. The van der Waals surface area contributed by atoms with Crippen molar-refractivity contribution >= 4 is 11.9 Å². The van der Waals surface area contributed by atoms with E-state index in [2.05, 4.69) is 19.2 Å². The van der Waals surface area contributed by atoms with Gasteiger partial charge in [-0.2, -0.15) is 0 Å². The number of carbonyl (C=O) groups excluding carboxylic acids is 2. The Morgan fingerprint density at radius 1 is 1.07 bits per heavy atom. The minimum atomic E-state index is -0.471. The fraction of sp³-hybridized carbons (Fsp3) is 0.364. The minimum absolute atomic E-state index is 0.0222. The highest BCUT2D eigenvalue weighted by atomic mass is 16.5. The summed E-state index contributed by atoms with van der Waals surface area (Å²) in [5.41, 5.74) is 2.16. The molecule has 2 atom stereocenters. The van der Waals surface area contributed by atoms with Crippen LogP contribution in [-0.2, 0) is 16.1 Å². The van der Waals surface area contributed by atoms with Crippen molar-refractivity contribution in [2.24, 2.45) is 5.92 Å². The Kier molecular flexibility index (Phi) is 7.41. The number of esters is 1. The van der Waals surface area contributed by atoms with E-state index in [9.17, 15) is 9.59 Å². The van der Waals surface area contributed by atoms with Gasteiger partial charge in [0, 0.05) is 6.54 Å². The van der Waals surface area contributed by atoms with Crippen LogP contribution >= 0.6 is 0 Å². The van der Waals surface area contributed by atoms with Crippen molar-refractivity contribution in [3.8, 4) is 5.75 Å². The standard InChI is InChI=1S/C22H27NO4/c1-5-15(2)20(17-9-7-6-8-10-17)21(24)23-14-16-11-12-19(26-3)18(13-16)22(25)27-4/h6-13,15,20H,5,14H2,1-4H3,(H,23,24)/t15-,20-/m1/s1. The molecule has 0 radical (unpaired) electrons. The summed E-state index contributed by atoms with van der Waals surface area (Å²) < 4.78 is 10.00. The summed E-state index contributed by atoms with van der Waals surface area (Å²) in [5, 5.41) is 3.00. The van der Waals surface area contributed by atoms with Gasteiger partial charge in [-0.15, -0.1) is 0 Å². The number of amides is 1. The molecule has 0 aliphatic carbocycles. The van der Waals surface area contributed by atoms with Crippen LogP contribution in [0.15, 0.2) is 48.5 Å². The van der Waals surface area contributed by atoms with Gasteiger partial charge in [-0.05, 0) is 29.2 Å². The van der Waals surface area contributed by atoms with Crippen molar-refractivity contribution in [1.82, 2.24) is 5.32 Å². The molecule has 1 amide bonds. The van der Waals surface area contributed by atoms with Crippen LogP contribution in [-0.4, -0.2) is 26.1 Å². The Balaban J connectivity index is 2.16. The number of rotatable bonds is 8. The lowest BCUT2D eigenvalue weighted by atomic mass is 9.85. The van der Waals surface area contributed by atoms with Gasteiger partial charge in [-0.3, -0.25) is 4.79 Å². The summed E-state index contributed by atoms with van der Waals surface area (Å²) in [5.74, 6) is -0.0464. The fourth-order valence-corrected chi connectivity index (χ4v) is 3.07. The summed E-state index contributed by atoms with van der Waals surface area (Å²) in [6.45, 7) is 4.49. The van der Waals surface area contributed by atoms with E-state index in [1.807, 2.05) is 36.4 Å². The number of nitrogens with one attached hydrogen (secondary N) is 1. The predicted octanol–water partition coefficient (Wildman–Crippen LogP) is 3.93. The molecule has 0 bridgehead atoms. The smallest absolute Gasteiger partial charge is 0.341 e. The minimum Gasteiger partial charge on any atom is -0.496 e. The van der Waals surface area contributed by atoms with Crippen LogP contribution in [0, 0.1) is 5.92 Å². The van der Waals surface area contributed by atoms with Crippen LogP contribution in [0.2, 0.25) is 0 Å². The Bertz CT molecular complexity index is 773. The molecule has 2 rings (SSSR count). The van der Waals surface area contributed by atoms with E-state index in [-0.39, 0.29) is 17.7 Å². The van der Waals surface area contributed by atoms with Gasteiger partial charge in [0.15, 0.2) is 0 Å². The van der Waals surface area contributed by atoms with Crippen LogP contribution in [0.25, 0.3) is 0 Å². The zero-order chi connectivity index (χ0) is 19.8. The second-order valence-electron chi connectivity index (χ2n) is 6.52. The van der Waals surface area contributed by atoms with E-state index in [4.69, 9.17) is 9.47 Å². The molecule has 0 fully saturated rings. The molecule has 5 heteroatoms. The second kappa shape index (κ2) is 9.76. The third kappa shape index (κ3) is 5.09. The molecule has 144 valence electrons. The summed E-state index contributed by atoms with van der Waals surface area (Å²) in [7, 11) is 2.83. The molecule has 2 aromatic rings. The fourth-order valence-electron chi connectivity index (χ4n) is 3.07.